The van der Waals surface area contributed by atoms with Crippen LogP contribution in [0, 0.1) is 0 Å². The largest absolute Gasteiger partial charge is 0.508 e. The Hall–Kier alpha value is -4.16. The van der Waals surface area contributed by atoms with E-state index in [1.54, 1.807) is 12.1 Å². The number of aryl methyl sites for hydroxylation is 1. The second-order valence-electron chi connectivity index (χ2n) is 9.01. The van der Waals surface area contributed by atoms with Crippen LogP contribution in [0.1, 0.15) is 32.7 Å². The average Bonchev–Trinajstić information content (AvgIpc) is 2.92. The van der Waals surface area contributed by atoms with Gasteiger partial charge in [-0.05, 0) is 60.5 Å². The summed E-state index contributed by atoms with van der Waals surface area (Å²) in [6, 6.07) is 15.3. The number of hydrogen-bond donors (Lipinski definition) is 6. The Bertz CT molecular complexity index is 1290. The third kappa shape index (κ3) is 6.65. The second-order valence-corrected chi connectivity index (χ2v) is 9.01. The number of aliphatic hydroxyl groups is 3. The van der Waals surface area contributed by atoms with E-state index in [0.29, 0.717) is 6.42 Å². The van der Waals surface area contributed by atoms with Gasteiger partial charge in [0, 0.05) is 12.5 Å². The molecule has 1 fully saturated rings. The molecule has 0 amide bonds. The summed E-state index contributed by atoms with van der Waals surface area (Å²) < 4.78 is 16.8. The molecule has 1 aliphatic rings. The molecule has 0 saturated carbocycles. The van der Waals surface area contributed by atoms with Gasteiger partial charge in [-0.25, -0.2) is 4.79 Å². The fourth-order valence-corrected chi connectivity index (χ4v) is 4.08. The number of rotatable bonds is 9. The fraction of sp³-hybridized carbons (Fsp3) is 0.286. The quantitative estimate of drug-likeness (QED) is 0.171. The zero-order valence-corrected chi connectivity index (χ0v) is 20.6. The molecule has 1 aliphatic heterocycles. The fourth-order valence-electron chi connectivity index (χ4n) is 4.08. The number of ether oxygens (including phenoxy) is 3. The third-order valence-corrected chi connectivity index (χ3v) is 6.26. The molecule has 0 aliphatic carbocycles. The highest BCUT2D eigenvalue weighted by Gasteiger charge is 2.48. The summed E-state index contributed by atoms with van der Waals surface area (Å²) in [6.07, 6.45) is -7.48. The number of phenolic OH excluding ortho intramolecular Hbond substituents is 3. The van der Waals surface area contributed by atoms with E-state index in [0.717, 1.165) is 11.6 Å². The maximum Gasteiger partial charge on any atom is 0.338 e. The smallest absolute Gasteiger partial charge is 0.338 e. The van der Waals surface area contributed by atoms with E-state index >= 15 is 0 Å². The first-order valence-electron chi connectivity index (χ1n) is 12.1. The Kier molecular flexibility index (Phi) is 8.67. The first kappa shape index (κ1) is 27.9. The van der Waals surface area contributed by atoms with Crippen molar-refractivity contribution in [2.45, 2.75) is 43.5 Å². The van der Waals surface area contributed by atoms with Crippen LogP contribution in [-0.2, 0) is 15.9 Å². The van der Waals surface area contributed by atoms with Crippen LogP contribution in [0.25, 0.3) is 0 Å². The van der Waals surface area contributed by atoms with Gasteiger partial charge in [-0.1, -0.05) is 12.1 Å². The zero-order valence-electron chi connectivity index (χ0n) is 20.6. The summed E-state index contributed by atoms with van der Waals surface area (Å²) in [5.74, 6) is -1.64. The van der Waals surface area contributed by atoms with Crippen LogP contribution < -0.4 is 4.74 Å². The molecule has 5 unspecified atom stereocenters. The molecule has 0 radical (unpaired) electrons. The van der Waals surface area contributed by atoms with Crippen molar-refractivity contribution >= 4 is 11.8 Å². The normalized spacial score (nSPS) is 22.7. The molecule has 39 heavy (non-hydrogen) atoms. The van der Waals surface area contributed by atoms with Gasteiger partial charge in [0.15, 0.2) is 11.9 Å². The lowest BCUT2D eigenvalue weighted by Gasteiger charge is -2.41. The van der Waals surface area contributed by atoms with E-state index in [9.17, 15) is 40.2 Å². The lowest BCUT2D eigenvalue weighted by molar-refractivity contribution is -0.276. The summed E-state index contributed by atoms with van der Waals surface area (Å²) in [5, 5.41) is 59.7. The van der Waals surface area contributed by atoms with Crippen LogP contribution in [0.4, 0.5) is 0 Å². The number of Topliss-reactive ketones (excluding diaryl/α,β-unsaturated/α-hetero) is 1. The Morgan fingerprint density at radius 2 is 1.44 bits per heavy atom. The molecule has 4 rings (SSSR count). The Morgan fingerprint density at radius 3 is 2.08 bits per heavy atom. The topological polar surface area (TPSA) is 183 Å². The summed E-state index contributed by atoms with van der Waals surface area (Å²) in [7, 11) is 0. The van der Waals surface area contributed by atoms with Crippen molar-refractivity contribution in [3.05, 3.63) is 83.4 Å². The number of ketones is 1. The molecule has 6 N–H and O–H groups in total. The molecule has 11 nitrogen and oxygen atoms in total. The molecular formula is C28H28O11. The molecule has 206 valence electrons. The molecule has 3 aromatic carbocycles. The Balaban J connectivity index is 1.57. The van der Waals surface area contributed by atoms with Crippen LogP contribution in [0.2, 0.25) is 0 Å². The first-order valence-corrected chi connectivity index (χ1v) is 12.1. The minimum atomic E-state index is -1.74. The molecule has 0 spiro atoms. The molecule has 5 atom stereocenters. The number of esters is 1. The van der Waals surface area contributed by atoms with E-state index < -0.39 is 43.3 Å². The van der Waals surface area contributed by atoms with Gasteiger partial charge in [0.1, 0.15) is 41.3 Å². The summed E-state index contributed by atoms with van der Waals surface area (Å²) >= 11 is 0. The van der Waals surface area contributed by atoms with Crippen molar-refractivity contribution in [2.24, 2.45) is 0 Å². The maximum absolute atomic E-state index is 13.1. The van der Waals surface area contributed by atoms with Gasteiger partial charge < -0.3 is 44.8 Å². The van der Waals surface area contributed by atoms with Gasteiger partial charge in [-0.3, -0.25) is 4.79 Å². The molecule has 0 bridgehead atoms. The number of aromatic hydroxyl groups is 3. The summed E-state index contributed by atoms with van der Waals surface area (Å²) in [5.41, 5.74) is 0.905. The van der Waals surface area contributed by atoms with E-state index in [4.69, 9.17) is 14.2 Å². The minimum Gasteiger partial charge on any atom is -0.508 e. The van der Waals surface area contributed by atoms with Gasteiger partial charge in [0.2, 0.25) is 6.29 Å². The van der Waals surface area contributed by atoms with Crippen LogP contribution in [0.3, 0.4) is 0 Å². The number of hydrogen-bond acceptors (Lipinski definition) is 11. The molecule has 3 aromatic rings. The lowest BCUT2D eigenvalue weighted by Crippen LogP contribution is -2.61. The highest BCUT2D eigenvalue weighted by molar-refractivity contribution is 5.99. The average molecular weight is 541 g/mol. The van der Waals surface area contributed by atoms with E-state index in [2.05, 4.69) is 0 Å². The van der Waals surface area contributed by atoms with Crippen LogP contribution in [-0.4, -0.2) is 79.7 Å². The second kappa shape index (κ2) is 12.1. The standard InChI is InChI=1S/C28H28O11/c29-14-23-24(34)25(35)26(39-27(36)16-4-8-18(31)9-5-16)28(38-23)37-22-13-19(32)10-11-20(22)21(33)12-3-15-1-6-17(30)7-2-15/h1-2,4-11,13,23-26,28-32,34-35H,3,12,14H2. The Morgan fingerprint density at radius 1 is 0.821 bits per heavy atom. The van der Waals surface area contributed by atoms with Crippen molar-refractivity contribution < 1.29 is 54.4 Å². The van der Waals surface area contributed by atoms with Gasteiger partial charge >= 0.3 is 5.97 Å². The van der Waals surface area contributed by atoms with Gasteiger partial charge in [0.05, 0.1) is 17.7 Å². The van der Waals surface area contributed by atoms with Crippen LogP contribution in [0.15, 0.2) is 66.7 Å². The van der Waals surface area contributed by atoms with Crippen molar-refractivity contribution in [3.63, 3.8) is 0 Å². The molecule has 11 heteroatoms. The summed E-state index contributed by atoms with van der Waals surface area (Å²) in [4.78, 5) is 25.8. The zero-order chi connectivity index (χ0) is 28.1. The van der Waals surface area contributed by atoms with E-state index in [1.165, 1.54) is 48.5 Å². The monoisotopic (exact) mass is 540 g/mol. The SMILES string of the molecule is O=C(OC1C(Oc2cc(O)ccc2C(=O)CCc2ccc(O)cc2)OC(CO)C(O)C1O)c1ccc(O)cc1. The number of phenols is 3. The first-order chi connectivity index (χ1) is 18.7. The highest BCUT2D eigenvalue weighted by Crippen LogP contribution is 2.32. The molecule has 0 aromatic heterocycles. The van der Waals surface area contributed by atoms with Crippen LogP contribution in [0.5, 0.6) is 23.0 Å². The van der Waals surface area contributed by atoms with E-state index in [-0.39, 0.29) is 46.3 Å². The lowest BCUT2D eigenvalue weighted by atomic mass is 9.98. The maximum atomic E-state index is 13.1. The van der Waals surface area contributed by atoms with Gasteiger partial charge in [-0.15, -0.1) is 0 Å². The molecular weight excluding hydrogens is 512 g/mol. The minimum absolute atomic E-state index is 0.0278. The highest BCUT2D eigenvalue weighted by atomic mass is 16.7. The predicted octanol–water partition coefficient (Wildman–Crippen LogP) is 1.66. The predicted molar refractivity (Wildman–Crippen MR) is 135 cm³/mol. The van der Waals surface area contributed by atoms with Gasteiger partial charge in [0.25, 0.3) is 0 Å². The number of carbonyl (C=O) groups is 2. The molecule has 1 heterocycles. The van der Waals surface area contributed by atoms with Crippen molar-refractivity contribution in [3.8, 4) is 23.0 Å². The number of carbonyl (C=O) groups excluding carboxylic acids is 2. The van der Waals surface area contributed by atoms with E-state index in [1.807, 2.05) is 0 Å². The van der Waals surface area contributed by atoms with Crippen molar-refractivity contribution in [1.29, 1.82) is 0 Å². The third-order valence-electron chi connectivity index (χ3n) is 6.26. The number of aliphatic hydroxyl groups excluding tert-OH is 3. The number of benzene rings is 3. The van der Waals surface area contributed by atoms with Crippen molar-refractivity contribution in [1.82, 2.24) is 0 Å². The Labute approximate surface area is 223 Å². The van der Waals surface area contributed by atoms with Crippen molar-refractivity contribution in [2.75, 3.05) is 6.61 Å². The summed E-state index contributed by atoms with van der Waals surface area (Å²) in [6.45, 7) is -0.699. The van der Waals surface area contributed by atoms with Crippen LogP contribution >= 0.6 is 0 Å². The van der Waals surface area contributed by atoms with Gasteiger partial charge in [-0.2, -0.15) is 0 Å². The molecule has 1 saturated heterocycles.